The molecule has 4 heterocycles. The van der Waals surface area contributed by atoms with Crippen molar-refractivity contribution < 1.29 is 32.6 Å². The summed E-state index contributed by atoms with van der Waals surface area (Å²) in [5.41, 5.74) is 6.65. The number of nitrogens with one attached hydrogen (secondary N) is 3. The van der Waals surface area contributed by atoms with E-state index in [-0.39, 0.29) is 37.2 Å². The molecule has 0 radical (unpaired) electrons. The summed E-state index contributed by atoms with van der Waals surface area (Å²) in [6.07, 6.45) is 4.09. The summed E-state index contributed by atoms with van der Waals surface area (Å²) >= 11 is 0. The van der Waals surface area contributed by atoms with Crippen LogP contribution in [0.15, 0.2) is 59.6 Å². The molecular formula is C28H28F2N6O5. The lowest BCUT2D eigenvalue weighted by molar-refractivity contribution is -0.166. The number of rotatable bonds is 5. The summed E-state index contributed by atoms with van der Waals surface area (Å²) in [6.45, 7) is 1.29. The molecule has 2 saturated heterocycles. The molecule has 0 bridgehead atoms. The molecule has 11 nitrogen and oxygen atoms in total. The van der Waals surface area contributed by atoms with E-state index in [1.54, 1.807) is 18.3 Å². The van der Waals surface area contributed by atoms with Crippen molar-refractivity contribution in [3.05, 3.63) is 82.3 Å². The van der Waals surface area contributed by atoms with Crippen LogP contribution in [0.5, 0.6) is 0 Å². The summed E-state index contributed by atoms with van der Waals surface area (Å²) in [5, 5.41) is 8.41. The lowest BCUT2D eigenvalue weighted by atomic mass is 9.78. The number of anilines is 1. The SMILES string of the molecule is CC1=C(/C=C(\N)NC(=O)CN2C(=O)C3(COCO3)NCC2c2cc(F)cc(F)c2)CC2(C1)C(=O)Nc1ncccc12. The number of ether oxygens (including phenoxy) is 2. The number of hydrogen-bond acceptors (Lipinski definition) is 8. The minimum absolute atomic E-state index is 0.0253. The Morgan fingerprint density at radius 3 is 2.78 bits per heavy atom. The number of carbonyl (C=O) groups is 3. The number of benzene rings is 1. The third-order valence-electron chi connectivity index (χ3n) is 8.05. The fraction of sp³-hybridized carbons (Fsp3) is 0.357. The Morgan fingerprint density at radius 2 is 2.05 bits per heavy atom. The highest BCUT2D eigenvalue weighted by Crippen LogP contribution is 2.50. The van der Waals surface area contributed by atoms with Gasteiger partial charge in [0, 0.05) is 24.4 Å². The third-order valence-corrected chi connectivity index (χ3v) is 8.05. The van der Waals surface area contributed by atoms with Gasteiger partial charge in [-0.1, -0.05) is 11.6 Å². The first-order valence-corrected chi connectivity index (χ1v) is 13.1. The van der Waals surface area contributed by atoms with Gasteiger partial charge in [0.1, 0.15) is 43.2 Å². The van der Waals surface area contributed by atoms with Gasteiger partial charge >= 0.3 is 0 Å². The molecule has 1 aromatic carbocycles. The van der Waals surface area contributed by atoms with E-state index in [1.165, 1.54) is 4.90 Å². The molecule has 3 atom stereocenters. The number of nitrogens with two attached hydrogens (primary N) is 1. The summed E-state index contributed by atoms with van der Waals surface area (Å²) in [6, 6.07) is 5.76. The fourth-order valence-electron chi connectivity index (χ4n) is 6.11. The first-order valence-electron chi connectivity index (χ1n) is 13.1. The normalized spacial score (nSPS) is 27.6. The Morgan fingerprint density at radius 1 is 1.27 bits per heavy atom. The van der Waals surface area contributed by atoms with Crippen LogP contribution in [0.25, 0.3) is 0 Å². The van der Waals surface area contributed by atoms with Crippen molar-refractivity contribution in [1.82, 2.24) is 20.5 Å². The predicted octanol–water partition coefficient (Wildman–Crippen LogP) is 1.45. The van der Waals surface area contributed by atoms with Crippen molar-refractivity contribution in [3.63, 3.8) is 0 Å². The second kappa shape index (κ2) is 10.0. The molecule has 214 valence electrons. The van der Waals surface area contributed by atoms with E-state index in [0.29, 0.717) is 18.7 Å². The van der Waals surface area contributed by atoms with Crippen LogP contribution < -0.4 is 21.7 Å². The van der Waals surface area contributed by atoms with Crippen molar-refractivity contribution >= 4 is 23.5 Å². The Balaban J connectivity index is 1.20. The maximum Gasteiger partial charge on any atom is 0.273 e. The molecule has 13 heteroatoms. The van der Waals surface area contributed by atoms with Gasteiger partial charge in [0.15, 0.2) is 0 Å². The standard InChI is InChI=1S/C28H28F2N6O5/c1-15-9-27(20-3-2-4-32-24(20)35-25(27)38)10-17(15)7-22(31)34-23(37)12-36-21(16-5-18(29)8-19(30)6-16)11-33-28(26(36)39)13-40-14-41-28/h2-8,21,33H,9-14,31H2,1H3,(H,34,37)(H,32,35,38)/b22-7+. The Kier molecular flexibility index (Phi) is 6.59. The van der Waals surface area contributed by atoms with Gasteiger partial charge < -0.3 is 30.7 Å². The lowest BCUT2D eigenvalue weighted by Crippen LogP contribution is -2.67. The topological polar surface area (TPSA) is 148 Å². The van der Waals surface area contributed by atoms with Crippen molar-refractivity contribution in [2.24, 2.45) is 5.73 Å². The van der Waals surface area contributed by atoms with E-state index < -0.39 is 47.2 Å². The first-order chi connectivity index (χ1) is 19.6. The van der Waals surface area contributed by atoms with Gasteiger partial charge in [-0.3, -0.25) is 19.7 Å². The van der Waals surface area contributed by atoms with Crippen molar-refractivity contribution in [2.45, 2.75) is 36.9 Å². The van der Waals surface area contributed by atoms with Crippen LogP contribution in [0.1, 0.15) is 36.9 Å². The average molecular weight is 567 g/mol. The van der Waals surface area contributed by atoms with E-state index >= 15 is 0 Å². The molecule has 2 fully saturated rings. The molecule has 5 N–H and O–H groups in total. The quantitative estimate of drug-likeness (QED) is 0.425. The van der Waals surface area contributed by atoms with E-state index in [1.807, 2.05) is 13.0 Å². The molecule has 6 rings (SSSR count). The molecule has 41 heavy (non-hydrogen) atoms. The fourth-order valence-corrected chi connectivity index (χ4v) is 6.11. The number of carbonyl (C=O) groups excluding carboxylic acids is 3. The van der Waals surface area contributed by atoms with Gasteiger partial charge in [-0.15, -0.1) is 0 Å². The number of pyridine rings is 1. The zero-order valence-corrected chi connectivity index (χ0v) is 22.1. The Hall–Kier alpha value is -4.20. The maximum atomic E-state index is 14.0. The molecule has 1 aromatic heterocycles. The highest BCUT2D eigenvalue weighted by atomic mass is 19.1. The van der Waals surface area contributed by atoms with Gasteiger partial charge in [-0.05, 0) is 55.2 Å². The zero-order valence-electron chi connectivity index (χ0n) is 22.1. The summed E-state index contributed by atoms with van der Waals surface area (Å²) < 4.78 is 38.8. The van der Waals surface area contributed by atoms with Crippen LogP contribution in [0.3, 0.4) is 0 Å². The van der Waals surface area contributed by atoms with E-state index in [4.69, 9.17) is 15.2 Å². The molecule has 3 unspecified atom stereocenters. The van der Waals surface area contributed by atoms with Gasteiger partial charge in [0.05, 0.1) is 11.5 Å². The van der Waals surface area contributed by atoms with Crippen molar-refractivity contribution in [3.8, 4) is 0 Å². The smallest absolute Gasteiger partial charge is 0.273 e. The number of amides is 3. The second-order valence-corrected chi connectivity index (χ2v) is 10.7. The minimum atomic E-state index is -1.50. The van der Waals surface area contributed by atoms with Crippen LogP contribution in [-0.2, 0) is 29.3 Å². The van der Waals surface area contributed by atoms with Crippen LogP contribution in [-0.4, -0.2) is 59.8 Å². The molecular weight excluding hydrogens is 538 g/mol. The largest absolute Gasteiger partial charge is 0.385 e. The molecule has 2 aromatic rings. The molecule has 2 spiro atoms. The van der Waals surface area contributed by atoms with Gasteiger partial charge in [-0.25, -0.2) is 13.8 Å². The average Bonchev–Trinajstić information content (AvgIpc) is 3.59. The summed E-state index contributed by atoms with van der Waals surface area (Å²) in [5.74, 6) is -2.42. The van der Waals surface area contributed by atoms with Crippen LogP contribution >= 0.6 is 0 Å². The van der Waals surface area contributed by atoms with Crippen molar-refractivity contribution in [1.29, 1.82) is 0 Å². The number of allylic oxidation sites excluding steroid dienone is 3. The van der Waals surface area contributed by atoms with E-state index in [0.717, 1.165) is 34.9 Å². The number of halogens is 2. The van der Waals surface area contributed by atoms with Crippen LogP contribution in [0.4, 0.5) is 14.6 Å². The van der Waals surface area contributed by atoms with Crippen LogP contribution in [0, 0.1) is 11.6 Å². The molecule has 0 saturated carbocycles. The maximum absolute atomic E-state index is 14.0. The van der Waals surface area contributed by atoms with Gasteiger partial charge in [0.25, 0.3) is 5.91 Å². The van der Waals surface area contributed by atoms with E-state index in [2.05, 4.69) is 20.9 Å². The Bertz CT molecular complexity index is 1500. The summed E-state index contributed by atoms with van der Waals surface area (Å²) in [4.78, 5) is 45.1. The molecule has 3 amide bonds. The first kappa shape index (κ1) is 27.0. The predicted molar refractivity (Wildman–Crippen MR) is 140 cm³/mol. The number of hydrogen-bond donors (Lipinski definition) is 4. The highest BCUT2D eigenvalue weighted by Gasteiger charge is 2.52. The zero-order chi connectivity index (χ0) is 28.9. The van der Waals surface area contributed by atoms with Crippen LogP contribution in [0.2, 0.25) is 0 Å². The monoisotopic (exact) mass is 566 g/mol. The van der Waals surface area contributed by atoms with E-state index in [9.17, 15) is 23.2 Å². The summed E-state index contributed by atoms with van der Waals surface area (Å²) in [7, 11) is 0. The van der Waals surface area contributed by atoms with Gasteiger partial charge in [-0.2, -0.15) is 0 Å². The number of piperazine rings is 1. The van der Waals surface area contributed by atoms with Gasteiger partial charge in [0.2, 0.25) is 17.5 Å². The lowest BCUT2D eigenvalue weighted by Gasteiger charge is -2.43. The minimum Gasteiger partial charge on any atom is -0.385 e. The molecule has 3 aliphatic heterocycles. The van der Waals surface area contributed by atoms with Crippen molar-refractivity contribution in [2.75, 3.05) is 31.8 Å². The second-order valence-electron chi connectivity index (χ2n) is 10.7. The highest BCUT2D eigenvalue weighted by molar-refractivity contribution is 6.06. The number of nitrogens with zero attached hydrogens (tertiary/aromatic N) is 2. The number of fused-ring (bicyclic) bond motifs is 2. The third kappa shape index (κ3) is 4.65. The molecule has 4 aliphatic rings. The molecule has 1 aliphatic carbocycles. The Labute approximate surface area is 233 Å². The number of aromatic nitrogens is 1.